The van der Waals surface area contributed by atoms with Gasteiger partial charge in [-0.2, -0.15) is 0 Å². The molecule has 0 bridgehead atoms. The molecule has 0 fully saturated rings. The van der Waals surface area contributed by atoms with E-state index < -0.39 is 5.41 Å². The van der Waals surface area contributed by atoms with E-state index in [2.05, 4.69) is 0 Å². The topological polar surface area (TPSA) is 44.8 Å². The number of hydrogen-bond donors (Lipinski definition) is 0. The smallest absolute Gasteiger partial charge is 0.313 e. The number of esters is 1. The van der Waals surface area contributed by atoms with Gasteiger partial charge in [0.2, 0.25) is 0 Å². The highest BCUT2D eigenvalue weighted by Crippen LogP contribution is 2.21. The lowest BCUT2D eigenvalue weighted by atomic mass is 9.91. The molecule has 0 atom stereocenters. The summed E-state index contributed by atoms with van der Waals surface area (Å²) in [6, 6.07) is 0. The Kier molecular flexibility index (Phi) is 6.49. The standard InChI is InChI=1S/C10H20O4/c1-5-10(2,3)9(11)14-8-13-7-6-12-4/h5-8H2,1-4H3. The van der Waals surface area contributed by atoms with E-state index in [-0.39, 0.29) is 12.8 Å². The van der Waals surface area contributed by atoms with E-state index in [1.54, 1.807) is 7.11 Å². The highest BCUT2D eigenvalue weighted by Gasteiger charge is 2.26. The molecule has 4 heteroatoms. The van der Waals surface area contributed by atoms with Gasteiger partial charge >= 0.3 is 5.97 Å². The second kappa shape index (κ2) is 6.79. The second-order valence-corrected chi connectivity index (χ2v) is 3.69. The van der Waals surface area contributed by atoms with Crippen molar-refractivity contribution in [1.29, 1.82) is 0 Å². The van der Waals surface area contributed by atoms with Crippen LogP contribution in [0.4, 0.5) is 0 Å². The fraction of sp³-hybridized carbons (Fsp3) is 0.900. The van der Waals surface area contributed by atoms with Gasteiger partial charge in [-0.05, 0) is 20.3 Å². The van der Waals surface area contributed by atoms with Crippen molar-refractivity contribution >= 4 is 5.97 Å². The number of carbonyl (C=O) groups is 1. The van der Waals surface area contributed by atoms with Gasteiger partial charge in [-0.3, -0.25) is 4.79 Å². The van der Waals surface area contributed by atoms with Crippen LogP contribution in [0.15, 0.2) is 0 Å². The first-order chi connectivity index (χ1) is 6.54. The van der Waals surface area contributed by atoms with Crippen molar-refractivity contribution in [3.63, 3.8) is 0 Å². The Morgan fingerprint density at radius 3 is 2.43 bits per heavy atom. The van der Waals surface area contributed by atoms with Crippen LogP contribution in [0, 0.1) is 5.41 Å². The summed E-state index contributed by atoms with van der Waals surface area (Å²) in [4.78, 5) is 11.4. The lowest BCUT2D eigenvalue weighted by Crippen LogP contribution is -2.26. The Bertz CT molecular complexity index is 166. The van der Waals surface area contributed by atoms with Crippen LogP contribution in [-0.4, -0.2) is 33.1 Å². The van der Waals surface area contributed by atoms with Crippen molar-refractivity contribution in [3.8, 4) is 0 Å². The molecule has 0 amide bonds. The van der Waals surface area contributed by atoms with Gasteiger partial charge < -0.3 is 14.2 Å². The van der Waals surface area contributed by atoms with Crippen LogP contribution in [0.2, 0.25) is 0 Å². The van der Waals surface area contributed by atoms with Crippen LogP contribution in [-0.2, 0) is 19.0 Å². The maximum Gasteiger partial charge on any atom is 0.313 e. The minimum Gasteiger partial charge on any atom is -0.438 e. The summed E-state index contributed by atoms with van der Waals surface area (Å²) in [5.74, 6) is -0.225. The lowest BCUT2D eigenvalue weighted by molar-refractivity contribution is -0.167. The zero-order valence-corrected chi connectivity index (χ0v) is 9.46. The molecule has 0 aromatic heterocycles. The SMILES string of the molecule is CCC(C)(C)C(=O)OCOCCOC. The highest BCUT2D eigenvalue weighted by atomic mass is 16.7. The third-order valence-corrected chi connectivity index (χ3v) is 2.14. The first-order valence-corrected chi connectivity index (χ1v) is 4.78. The Labute approximate surface area is 85.5 Å². The molecule has 0 heterocycles. The molecule has 0 saturated heterocycles. The highest BCUT2D eigenvalue weighted by molar-refractivity contribution is 5.75. The molecular formula is C10H20O4. The van der Waals surface area contributed by atoms with E-state index in [4.69, 9.17) is 14.2 Å². The number of methoxy groups -OCH3 is 1. The Hall–Kier alpha value is -0.610. The molecule has 0 aliphatic heterocycles. The van der Waals surface area contributed by atoms with Crippen LogP contribution >= 0.6 is 0 Å². The first kappa shape index (κ1) is 13.4. The minimum atomic E-state index is -0.426. The normalized spacial score (nSPS) is 11.4. The molecule has 0 spiro atoms. The largest absolute Gasteiger partial charge is 0.438 e. The van der Waals surface area contributed by atoms with E-state index in [1.807, 2.05) is 20.8 Å². The average Bonchev–Trinajstić information content (AvgIpc) is 2.17. The quantitative estimate of drug-likeness (QED) is 0.359. The fourth-order valence-corrected chi connectivity index (χ4v) is 0.636. The summed E-state index contributed by atoms with van der Waals surface area (Å²) in [5.41, 5.74) is -0.426. The van der Waals surface area contributed by atoms with Crippen molar-refractivity contribution in [2.24, 2.45) is 5.41 Å². The summed E-state index contributed by atoms with van der Waals surface area (Å²) in [5, 5.41) is 0. The monoisotopic (exact) mass is 204 g/mol. The molecule has 0 unspecified atom stereocenters. The van der Waals surface area contributed by atoms with Crippen LogP contribution < -0.4 is 0 Å². The third kappa shape index (κ3) is 5.19. The number of carbonyl (C=O) groups excluding carboxylic acids is 1. The van der Waals surface area contributed by atoms with Gasteiger partial charge in [0, 0.05) is 7.11 Å². The van der Waals surface area contributed by atoms with Gasteiger partial charge in [-0.15, -0.1) is 0 Å². The first-order valence-electron chi connectivity index (χ1n) is 4.78. The Morgan fingerprint density at radius 1 is 1.29 bits per heavy atom. The van der Waals surface area contributed by atoms with Gasteiger partial charge in [0.05, 0.1) is 18.6 Å². The van der Waals surface area contributed by atoms with Crippen molar-refractivity contribution in [1.82, 2.24) is 0 Å². The molecule has 0 aromatic rings. The molecular weight excluding hydrogens is 184 g/mol. The number of rotatable bonds is 7. The average molecular weight is 204 g/mol. The van der Waals surface area contributed by atoms with Gasteiger partial charge in [-0.1, -0.05) is 6.92 Å². The third-order valence-electron chi connectivity index (χ3n) is 2.14. The lowest BCUT2D eigenvalue weighted by Gasteiger charge is -2.19. The molecule has 0 radical (unpaired) electrons. The predicted octanol–water partition coefficient (Wildman–Crippen LogP) is 1.59. The predicted molar refractivity (Wildman–Crippen MR) is 52.9 cm³/mol. The van der Waals surface area contributed by atoms with Crippen LogP contribution in [0.25, 0.3) is 0 Å². The van der Waals surface area contributed by atoms with E-state index in [1.165, 1.54) is 0 Å². The van der Waals surface area contributed by atoms with Gasteiger partial charge in [0.15, 0.2) is 6.79 Å². The zero-order chi connectivity index (χ0) is 11.0. The molecule has 4 nitrogen and oxygen atoms in total. The number of hydrogen-bond acceptors (Lipinski definition) is 4. The maximum atomic E-state index is 11.4. The summed E-state index contributed by atoms with van der Waals surface area (Å²) in [6.45, 7) is 6.61. The summed E-state index contributed by atoms with van der Waals surface area (Å²) in [7, 11) is 1.59. The van der Waals surface area contributed by atoms with Crippen LogP contribution in [0.3, 0.4) is 0 Å². The summed E-state index contributed by atoms with van der Waals surface area (Å²) < 4.78 is 14.7. The van der Waals surface area contributed by atoms with Crippen LogP contribution in [0.1, 0.15) is 27.2 Å². The molecule has 0 N–H and O–H groups in total. The molecule has 14 heavy (non-hydrogen) atoms. The molecule has 0 aliphatic carbocycles. The van der Waals surface area contributed by atoms with Crippen molar-refractivity contribution in [3.05, 3.63) is 0 Å². The van der Waals surface area contributed by atoms with Crippen molar-refractivity contribution < 1.29 is 19.0 Å². The molecule has 0 aliphatic rings. The van der Waals surface area contributed by atoms with Crippen LogP contribution in [0.5, 0.6) is 0 Å². The maximum absolute atomic E-state index is 11.4. The zero-order valence-electron chi connectivity index (χ0n) is 9.46. The molecule has 0 rings (SSSR count). The summed E-state index contributed by atoms with van der Waals surface area (Å²) >= 11 is 0. The van der Waals surface area contributed by atoms with E-state index in [0.29, 0.717) is 13.2 Å². The molecule has 0 saturated carbocycles. The minimum absolute atomic E-state index is 0.00558. The van der Waals surface area contributed by atoms with Crippen molar-refractivity contribution in [2.75, 3.05) is 27.1 Å². The molecule has 84 valence electrons. The van der Waals surface area contributed by atoms with E-state index >= 15 is 0 Å². The van der Waals surface area contributed by atoms with Gasteiger partial charge in [0.25, 0.3) is 0 Å². The molecule has 0 aromatic carbocycles. The Morgan fingerprint density at radius 2 is 1.93 bits per heavy atom. The fourth-order valence-electron chi connectivity index (χ4n) is 0.636. The Balaban J connectivity index is 3.54. The van der Waals surface area contributed by atoms with Gasteiger partial charge in [-0.25, -0.2) is 0 Å². The van der Waals surface area contributed by atoms with E-state index in [9.17, 15) is 4.79 Å². The van der Waals surface area contributed by atoms with Gasteiger partial charge in [0.1, 0.15) is 0 Å². The summed E-state index contributed by atoms with van der Waals surface area (Å²) in [6.07, 6.45) is 0.754. The second-order valence-electron chi connectivity index (χ2n) is 3.69. The van der Waals surface area contributed by atoms with E-state index in [0.717, 1.165) is 6.42 Å². The number of ether oxygens (including phenoxy) is 3. The van der Waals surface area contributed by atoms with Crippen molar-refractivity contribution in [2.45, 2.75) is 27.2 Å².